The zero-order valence-electron chi connectivity index (χ0n) is 21.4. The van der Waals surface area contributed by atoms with E-state index in [2.05, 4.69) is 25.9 Å². The maximum atomic E-state index is 13.2. The first-order valence-electron chi connectivity index (χ1n) is 12.3. The average Bonchev–Trinajstić information content (AvgIpc) is 3.36. The molecule has 14 nitrogen and oxygen atoms in total. The van der Waals surface area contributed by atoms with Crippen LogP contribution in [-0.2, 0) is 30.4 Å². The summed E-state index contributed by atoms with van der Waals surface area (Å²) in [5.41, 5.74) is 17.3. The number of amides is 4. The zero-order valence-corrected chi connectivity index (χ0v) is 21.4. The Hall–Kier alpha value is -3.52. The molecule has 0 saturated carbocycles. The molecule has 0 fully saturated rings. The lowest BCUT2D eigenvalue weighted by molar-refractivity contribution is -0.143. The lowest BCUT2D eigenvalue weighted by Gasteiger charge is -2.28. The highest BCUT2D eigenvalue weighted by molar-refractivity contribution is 5.94. The minimum Gasteiger partial charge on any atom is -0.480 e. The number of imidazole rings is 1. The summed E-state index contributed by atoms with van der Waals surface area (Å²) in [6.07, 6.45) is 4.57. The quantitative estimate of drug-likeness (QED) is 0.101. The van der Waals surface area contributed by atoms with Crippen LogP contribution in [0.1, 0.15) is 58.1 Å². The van der Waals surface area contributed by atoms with E-state index in [1.165, 1.54) is 12.5 Å². The molecule has 208 valence electrons. The number of carbonyl (C=O) groups is 5. The Morgan fingerprint density at radius 2 is 1.70 bits per heavy atom. The van der Waals surface area contributed by atoms with Crippen molar-refractivity contribution in [1.82, 2.24) is 25.9 Å². The van der Waals surface area contributed by atoms with Gasteiger partial charge < -0.3 is 43.2 Å². The van der Waals surface area contributed by atoms with Crippen LogP contribution in [0.15, 0.2) is 12.5 Å². The van der Waals surface area contributed by atoms with E-state index in [4.69, 9.17) is 17.2 Å². The summed E-state index contributed by atoms with van der Waals surface area (Å²) in [5.74, 6) is -4.27. The Labute approximate surface area is 215 Å². The largest absolute Gasteiger partial charge is 0.480 e. The highest BCUT2D eigenvalue weighted by Crippen LogP contribution is 2.11. The Bertz CT molecular complexity index is 894. The van der Waals surface area contributed by atoms with Gasteiger partial charge in [-0.1, -0.05) is 20.3 Å². The molecule has 14 heteroatoms. The molecule has 1 heterocycles. The fraction of sp³-hybridized carbons (Fsp3) is 0.652. The van der Waals surface area contributed by atoms with E-state index in [-0.39, 0.29) is 31.6 Å². The summed E-state index contributed by atoms with van der Waals surface area (Å²) in [6.45, 7) is 3.94. The van der Waals surface area contributed by atoms with E-state index in [9.17, 15) is 29.1 Å². The third-order valence-electron chi connectivity index (χ3n) is 6.00. The first-order chi connectivity index (χ1) is 17.5. The number of carboxylic acid groups (broad SMARTS) is 1. The van der Waals surface area contributed by atoms with Gasteiger partial charge in [0.1, 0.15) is 18.1 Å². The van der Waals surface area contributed by atoms with Gasteiger partial charge in [-0.05, 0) is 38.1 Å². The number of nitrogens with zero attached hydrogens (tertiary/aromatic N) is 1. The Morgan fingerprint density at radius 3 is 2.24 bits per heavy atom. The molecular weight excluding hydrogens is 484 g/mol. The highest BCUT2D eigenvalue weighted by Gasteiger charge is 2.32. The van der Waals surface area contributed by atoms with Crippen LogP contribution in [0, 0.1) is 5.92 Å². The van der Waals surface area contributed by atoms with Crippen LogP contribution in [0.25, 0.3) is 0 Å². The van der Waals surface area contributed by atoms with Crippen LogP contribution in [-0.4, -0.2) is 75.4 Å². The maximum Gasteiger partial charge on any atom is 0.326 e. The fourth-order valence-electron chi connectivity index (χ4n) is 3.53. The molecule has 37 heavy (non-hydrogen) atoms. The number of aromatic nitrogens is 2. The van der Waals surface area contributed by atoms with Gasteiger partial charge in [0.05, 0.1) is 12.4 Å². The van der Waals surface area contributed by atoms with Crippen LogP contribution in [0.4, 0.5) is 0 Å². The van der Waals surface area contributed by atoms with Crippen molar-refractivity contribution in [2.75, 3.05) is 6.54 Å². The van der Waals surface area contributed by atoms with Gasteiger partial charge >= 0.3 is 5.97 Å². The molecule has 5 unspecified atom stereocenters. The van der Waals surface area contributed by atoms with Crippen molar-refractivity contribution in [3.63, 3.8) is 0 Å². The topological polar surface area (TPSA) is 248 Å². The SMILES string of the molecule is CCC(C)C(NC(=O)C(CCC(N)=O)NC(=O)C(N)Cc1cnc[nH]1)C(=O)NC(CCCCN)C(=O)O. The van der Waals surface area contributed by atoms with Crippen LogP contribution in [0.3, 0.4) is 0 Å². The van der Waals surface area contributed by atoms with Crippen molar-refractivity contribution in [2.24, 2.45) is 23.1 Å². The minimum atomic E-state index is -1.20. The van der Waals surface area contributed by atoms with Gasteiger partial charge in [-0.25, -0.2) is 9.78 Å². The molecule has 0 aromatic carbocycles. The van der Waals surface area contributed by atoms with Crippen molar-refractivity contribution < 1.29 is 29.1 Å². The number of primary amides is 1. The van der Waals surface area contributed by atoms with E-state index in [0.29, 0.717) is 31.5 Å². The number of hydrogen-bond acceptors (Lipinski definition) is 8. The van der Waals surface area contributed by atoms with Crippen molar-refractivity contribution in [3.05, 3.63) is 18.2 Å². The standard InChI is InChI=1S/C23H40N8O6/c1-3-13(2)19(22(35)30-17(23(36)37)6-4-5-9-24)31-21(34)16(7-8-18(26)32)29-20(33)15(25)10-14-11-27-12-28-14/h11-13,15-17,19H,3-10,24-25H2,1-2H3,(H2,26,32)(H,27,28)(H,29,33)(H,30,35)(H,31,34)(H,36,37). The molecule has 0 aliphatic rings. The highest BCUT2D eigenvalue weighted by atomic mass is 16.4. The van der Waals surface area contributed by atoms with Crippen molar-refractivity contribution in [1.29, 1.82) is 0 Å². The van der Waals surface area contributed by atoms with Crippen LogP contribution in [0.2, 0.25) is 0 Å². The Morgan fingerprint density at radius 1 is 1.03 bits per heavy atom. The summed E-state index contributed by atoms with van der Waals surface area (Å²) in [4.78, 5) is 68.5. The van der Waals surface area contributed by atoms with Crippen molar-refractivity contribution >= 4 is 29.6 Å². The predicted molar refractivity (Wildman–Crippen MR) is 134 cm³/mol. The van der Waals surface area contributed by atoms with Crippen LogP contribution >= 0.6 is 0 Å². The smallest absolute Gasteiger partial charge is 0.326 e. The van der Waals surface area contributed by atoms with Gasteiger partial charge in [-0.15, -0.1) is 0 Å². The zero-order chi connectivity index (χ0) is 28.0. The van der Waals surface area contributed by atoms with Crippen molar-refractivity contribution in [2.45, 2.75) is 83.0 Å². The summed E-state index contributed by atoms with van der Waals surface area (Å²) in [7, 11) is 0. The number of H-pyrrole nitrogens is 1. The monoisotopic (exact) mass is 524 g/mol. The Kier molecular flexibility index (Phi) is 13.9. The maximum absolute atomic E-state index is 13.2. The van der Waals surface area contributed by atoms with Crippen LogP contribution < -0.4 is 33.2 Å². The van der Waals surface area contributed by atoms with Gasteiger partial charge in [0.25, 0.3) is 0 Å². The number of carboxylic acids is 1. The first kappa shape index (κ1) is 31.5. The molecule has 0 bridgehead atoms. The summed E-state index contributed by atoms with van der Waals surface area (Å²) < 4.78 is 0. The van der Waals surface area contributed by atoms with Gasteiger partial charge in [0.2, 0.25) is 23.6 Å². The number of aromatic amines is 1. The molecule has 1 rings (SSSR count). The fourth-order valence-corrected chi connectivity index (χ4v) is 3.53. The molecule has 5 atom stereocenters. The average molecular weight is 525 g/mol. The van der Waals surface area contributed by atoms with Crippen LogP contribution in [0.5, 0.6) is 0 Å². The molecule has 0 aliphatic carbocycles. The molecule has 0 radical (unpaired) electrons. The van der Waals surface area contributed by atoms with E-state index in [1.807, 2.05) is 6.92 Å². The second-order valence-corrected chi connectivity index (χ2v) is 9.01. The molecule has 0 saturated heterocycles. The lowest BCUT2D eigenvalue weighted by atomic mass is 9.96. The molecule has 0 aliphatic heterocycles. The molecule has 11 N–H and O–H groups in total. The number of carbonyl (C=O) groups excluding carboxylic acids is 4. The number of rotatable bonds is 18. The summed E-state index contributed by atoms with van der Waals surface area (Å²) in [5, 5.41) is 17.1. The molecule has 1 aromatic heterocycles. The first-order valence-corrected chi connectivity index (χ1v) is 12.3. The normalized spacial score (nSPS) is 15.0. The molecule has 4 amide bonds. The van der Waals surface area contributed by atoms with Gasteiger partial charge in [0, 0.05) is 24.7 Å². The second kappa shape index (κ2) is 16.3. The van der Waals surface area contributed by atoms with Gasteiger partial charge in [-0.2, -0.15) is 0 Å². The minimum absolute atomic E-state index is 0.116. The lowest BCUT2D eigenvalue weighted by Crippen LogP contribution is -2.58. The van der Waals surface area contributed by atoms with Gasteiger partial charge in [-0.3, -0.25) is 19.2 Å². The van der Waals surface area contributed by atoms with E-state index >= 15 is 0 Å². The number of hydrogen-bond donors (Lipinski definition) is 8. The summed E-state index contributed by atoms with van der Waals surface area (Å²) in [6, 6.07) is -4.44. The molecular formula is C23H40N8O6. The molecule has 0 spiro atoms. The Balaban J connectivity index is 2.97. The number of aliphatic carboxylic acids is 1. The number of unbranched alkanes of at least 4 members (excludes halogenated alkanes) is 1. The van der Waals surface area contributed by atoms with Gasteiger partial charge in [0.15, 0.2) is 0 Å². The van der Waals surface area contributed by atoms with E-state index in [1.54, 1.807) is 6.92 Å². The second-order valence-electron chi connectivity index (χ2n) is 9.01. The molecule has 1 aromatic rings. The predicted octanol–water partition coefficient (Wildman–Crippen LogP) is -1.74. The number of nitrogens with two attached hydrogens (primary N) is 3. The van der Waals surface area contributed by atoms with E-state index < -0.39 is 53.8 Å². The number of nitrogens with one attached hydrogen (secondary N) is 4. The van der Waals surface area contributed by atoms with E-state index in [0.717, 1.165) is 0 Å². The third-order valence-corrected chi connectivity index (χ3v) is 6.00. The third kappa shape index (κ3) is 11.4. The summed E-state index contributed by atoms with van der Waals surface area (Å²) >= 11 is 0. The van der Waals surface area contributed by atoms with Crippen molar-refractivity contribution in [3.8, 4) is 0 Å².